The summed E-state index contributed by atoms with van der Waals surface area (Å²) in [5, 5.41) is 0. The normalized spacial score (nSPS) is 10.8. The van der Waals surface area contributed by atoms with Crippen LogP contribution in [0.2, 0.25) is 0 Å². The van der Waals surface area contributed by atoms with Crippen molar-refractivity contribution in [3.63, 3.8) is 0 Å². The summed E-state index contributed by atoms with van der Waals surface area (Å²) in [7, 11) is 0. The maximum absolute atomic E-state index is 5.25. The van der Waals surface area contributed by atoms with Gasteiger partial charge in [0, 0.05) is 13.2 Å². The van der Waals surface area contributed by atoms with Crippen molar-refractivity contribution < 1.29 is 4.74 Å². The van der Waals surface area contributed by atoms with Crippen molar-refractivity contribution in [1.29, 1.82) is 0 Å². The first kappa shape index (κ1) is 9.92. The molecule has 0 amide bonds. The second-order valence-electron chi connectivity index (χ2n) is 2.94. The molecule has 10 heavy (non-hydrogen) atoms. The molecular weight excluding hydrogens is 126 g/mol. The van der Waals surface area contributed by atoms with Crippen molar-refractivity contribution in [3.05, 3.63) is 0 Å². The van der Waals surface area contributed by atoms with E-state index in [9.17, 15) is 0 Å². The smallest absolute Gasteiger partial charge is 0.0588 e. The Bertz CT molecular complexity index is 64.3. The maximum atomic E-state index is 5.25. The summed E-state index contributed by atoms with van der Waals surface area (Å²) in [6, 6.07) is 0. The SMILES string of the molecule is CC(C)CCCOCCN. The molecule has 0 atom stereocenters. The van der Waals surface area contributed by atoms with Crippen LogP contribution in [0.1, 0.15) is 26.7 Å². The van der Waals surface area contributed by atoms with Crippen molar-refractivity contribution in [1.82, 2.24) is 0 Å². The summed E-state index contributed by atoms with van der Waals surface area (Å²) >= 11 is 0. The van der Waals surface area contributed by atoms with Gasteiger partial charge in [0.2, 0.25) is 0 Å². The Labute approximate surface area is 63.7 Å². The third-order valence-electron chi connectivity index (χ3n) is 1.33. The molecule has 0 unspecified atom stereocenters. The minimum absolute atomic E-state index is 0.641. The molecule has 0 bridgehead atoms. The van der Waals surface area contributed by atoms with Gasteiger partial charge in [-0.05, 0) is 18.8 Å². The number of nitrogens with two attached hydrogens (primary N) is 1. The van der Waals surface area contributed by atoms with Gasteiger partial charge in [-0.25, -0.2) is 0 Å². The zero-order valence-corrected chi connectivity index (χ0v) is 7.10. The lowest BCUT2D eigenvalue weighted by Gasteiger charge is -2.04. The fourth-order valence-electron chi connectivity index (χ4n) is 0.779. The Morgan fingerprint density at radius 2 is 2.00 bits per heavy atom. The highest BCUT2D eigenvalue weighted by atomic mass is 16.5. The second kappa shape index (κ2) is 7.03. The lowest BCUT2D eigenvalue weighted by atomic mass is 10.1. The van der Waals surface area contributed by atoms with E-state index in [0.29, 0.717) is 13.2 Å². The molecule has 0 aliphatic carbocycles. The van der Waals surface area contributed by atoms with Crippen LogP contribution < -0.4 is 5.73 Å². The van der Waals surface area contributed by atoms with Crippen LogP contribution in [0.3, 0.4) is 0 Å². The minimum atomic E-state index is 0.641. The number of ether oxygens (including phenoxy) is 1. The lowest BCUT2D eigenvalue weighted by Crippen LogP contribution is -2.09. The van der Waals surface area contributed by atoms with Gasteiger partial charge in [0.25, 0.3) is 0 Å². The molecule has 2 nitrogen and oxygen atoms in total. The van der Waals surface area contributed by atoms with E-state index >= 15 is 0 Å². The topological polar surface area (TPSA) is 35.2 Å². The first-order valence-corrected chi connectivity index (χ1v) is 4.05. The Morgan fingerprint density at radius 3 is 2.50 bits per heavy atom. The fraction of sp³-hybridized carbons (Fsp3) is 1.00. The van der Waals surface area contributed by atoms with E-state index in [1.54, 1.807) is 0 Å². The van der Waals surface area contributed by atoms with Crippen molar-refractivity contribution in [2.24, 2.45) is 11.7 Å². The summed E-state index contributed by atoms with van der Waals surface area (Å²) < 4.78 is 5.21. The Morgan fingerprint density at radius 1 is 1.30 bits per heavy atom. The average Bonchev–Trinajstić information content (AvgIpc) is 1.87. The van der Waals surface area contributed by atoms with Crippen molar-refractivity contribution in [2.75, 3.05) is 19.8 Å². The largest absolute Gasteiger partial charge is 0.380 e. The van der Waals surface area contributed by atoms with Gasteiger partial charge >= 0.3 is 0 Å². The molecule has 2 N–H and O–H groups in total. The zero-order valence-electron chi connectivity index (χ0n) is 7.10. The summed E-state index contributed by atoms with van der Waals surface area (Å²) in [6.45, 7) is 6.67. The number of hydrogen-bond acceptors (Lipinski definition) is 2. The molecule has 0 saturated heterocycles. The third-order valence-corrected chi connectivity index (χ3v) is 1.33. The highest BCUT2D eigenvalue weighted by Gasteiger charge is 1.92. The van der Waals surface area contributed by atoms with Gasteiger partial charge in [-0.2, -0.15) is 0 Å². The van der Waals surface area contributed by atoms with Crippen molar-refractivity contribution in [3.8, 4) is 0 Å². The molecule has 0 aromatic heterocycles. The lowest BCUT2D eigenvalue weighted by molar-refractivity contribution is 0.135. The van der Waals surface area contributed by atoms with Gasteiger partial charge in [-0.3, -0.25) is 0 Å². The van der Waals surface area contributed by atoms with E-state index in [4.69, 9.17) is 10.5 Å². The first-order chi connectivity index (χ1) is 4.77. The summed E-state index contributed by atoms with van der Waals surface area (Å²) in [5.41, 5.74) is 5.25. The van der Waals surface area contributed by atoms with Crippen LogP contribution >= 0.6 is 0 Å². The van der Waals surface area contributed by atoms with Crippen LogP contribution in [-0.4, -0.2) is 19.8 Å². The quantitative estimate of drug-likeness (QED) is 0.573. The van der Waals surface area contributed by atoms with Gasteiger partial charge < -0.3 is 10.5 Å². The monoisotopic (exact) mass is 145 g/mol. The fourth-order valence-corrected chi connectivity index (χ4v) is 0.779. The van der Waals surface area contributed by atoms with Crippen LogP contribution in [0.4, 0.5) is 0 Å². The molecule has 0 aliphatic heterocycles. The standard InChI is InChI=1S/C8H19NO/c1-8(2)4-3-6-10-7-5-9/h8H,3-7,9H2,1-2H3. The highest BCUT2D eigenvalue weighted by molar-refractivity contribution is 4.44. The van der Waals surface area contributed by atoms with E-state index in [1.165, 1.54) is 6.42 Å². The number of hydrogen-bond donors (Lipinski definition) is 1. The number of rotatable bonds is 6. The Balaban J connectivity index is 2.77. The van der Waals surface area contributed by atoms with Crippen LogP contribution in [0.25, 0.3) is 0 Å². The van der Waals surface area contributed by atoms with Crippen LogP contribution in [-0.2, 0) is 4.74 Å². The van der Waals surface area contributed by atoms with E-state index in [2.05, 4.69) is 13.8 Å². The molecular formula is C8H19NO. The van der Waals surface area contributed by atoms with Gasteiger partial charge in [-0.1, -0.05) is 13.8 Å². The maximum Gasteiger partial charge on any atom is 0.0588 e. The molecule has 0 aliphatic rings. The minimum Gasteiger partial charge on any atom is -0.380 e. The van der Waals surface area contributed by atoms with Gasteiger partial charge in [0.05, 0.1) is 6.61 Å². The molecule has 2 heteroatoms. The first-order valence-electron chi connectivity index (χ1n) is 4.05. The van der Waals surface area contributed by atoms with E-state index in [-0.39, 0.29) is 0 Å². The third kappa shape index (κ3) is 7.92. The molecule has 0 aromatic rings. The van der Waals surface area contributed by atoms with Gasteiger partial charge in [-0.15, -0.1) is 0 Å². The summed E-state index contributed by atoms with van der Waals surface area (Å²) in [6.07, 6.45) is 2.42. The molecule has 0 spiro atoms. The van der Waals surface area contributed by atoms with Gasteiger partial charge in [0.15, 0.2) is 0 Å². The van der Waals surface area contributed by atoms with Gasteiger partial charge in [0.1, 0.15) is 0 Å². The molecule has 0 radical (unpaired) electrons. The summed E-state index contributed by atoms with van der Waals surface area (Å²) in [5.74, 6) is 0.793. The average molecular weight is 145 g/mol. The predicted octanol–water partition coefficient (Wildman–Crippen LogP) is 1.40. The molecule has 0 saturated carbocycles. The Kier molecular flexibility index (Phi) is 6.98. The van der Waals surface area contributed by atoms with Crippen LogP contribution in [0.5, 0.6) is 0 Å². The summed E-state index contributed by atoms with van der Waals surface area (Å²) in [4.78, 5) is 0. The predicted molar refractivity (Wildman–Crippen MR) is 43.9 cm³/mol. The molecule has 0 heterocycles. The highest BCUT2D eigenvalue weighted by Crippen LogP contribution is 2.02. The van der Waals surface area contributed by atoms with Crippen molar-refractivity contribution >= 4 is 0 Å². The van der Waals surface area contributed by atoms with E-state index < -0.39 is 0 Å². The molecule has 0 fully saturated rings. The Hall–Kier alpha value is -0.0800. The van der Waals surface area contributed by atoms with E-state index in [1.807, 2.05) is 0 Å². The molecule has 0 aromatic carbocycles. The van der Waals surface area contributed by atoms with Crippen LogP contribution in [0, 0.1) is 5.92 Å². The second-order valence-corrected chi connectivity index (χ2v) is 2.94. The van der Waals surface area contributed by atoms with Crippen LogP contribution in [0.15, 0.2) is 0 Å². The molecule has 0 rings (SSSR count). The molecule has 62 valence electrons. The zero-order chi connectivity index (χ0) is 7.82. The van der Waals surface area contributed by atoms with Crippen molar-refractivity contribution in [2.45, 2.75) is 26.7 Å². The van der Waals surface area contributed by atoms with E-state index in [0.717, 1.165) is 18.9 Å².